The average molecular weight is 226 g/mol. The van der Waals surface area contributed by atoms with Crippen molar-refractivity contribution in [3.8, 4) is 0 Å². The Kier molecular flexibility index (Phi) is 3.34. The summed E-state index contributed by atoms with van der Waals surface area (Å²) < 4.78 is 5.29. The summed E-state index contributed by atoms with van der Waals surface area (Å²) in [6.45, 7) is 1.27. The van der Waals surface area contributed by atoms with Gasteiger partial charge in [0.1, 0.15) is 0 Å². The standard InChI is InChI=1S/C11H12ClNO2/c12-10-6-13-4-3-9(10)11(14)8-2-1-5-15-7-8/h3-4,6,8H,1-2,5,7H2. The third-order valence-corrected chi connectivity index (χ3v) is 2.87. The van der Waals surface area contributed by atoms with Crippen LogP contribution in [0.5, 0.6) is 0 Å². The Balaban J connectivity index is 2.16. The van der Waals surface area contributed by atoms with E-state index in [1.807, 2.05) is 0 Å². The summed E-state index contributed by atoms with van der Waals surface area (Å²) >= 11 is 5.91. The molecular formula is C11H12ClNO2. The molecule has 80 valence electrons. The van der Waals surface area contributed by atoms with Gasteiger partial charge in [-0.1, -0.05) is 11.6 Å². The van der Waals surface area contributed by atoms with Gasteiger partial charge in [0.15, 0.2) is 5.78 Å². The lowest BCUT2D eigenvalue weighted by atomic mass is 9.93. The molecule has 1 saturated heterocycles. The van der Waals surface area contributed by atoms with Gasteiger partial charge < -0.3 is 4.74 Å². The van der Waals surface area contributed by atoms with E-state index in [1.54, 1.807) is 12.3 Å². The number of halogens is 1. The van der Waals surface area contributed by atoms with Gasteiger partial charge in [0.25, 0.3) is 0 Å². The van der Waals surface area contributed by atoms with Crippen LogP contribution in [0.3, 0.4) is 0 Å². The molecule has 15 heavy (non-hydrogen) atoms. The van der Waals surface area contributed by atoms with E-state index in [2.05, 4.69) is 4.98 Å². The maximum absolute atomic E-state index is 12.0. The van der Waals surface area contributed by atoms with Crippen molar-refractivity contribution in [3.63, 3.8) is 0 Å². The SMILES string of the molecule is O=C(c1ccncc1Cl)C1CCCOC1. The molecule has 2 rings (SSSR count). The molecule has 0 N–H and O–H groups in total. The van der Waals surface area contributed by atoms with Gasteiger partial charge in [-0.2, -0.15) is 0 Å². The number of hydrogen-bond donors (Lipinski definition) is 0. The first-order chi connectivity index (χ1) is 7.29. The molecule has 2 heterocycles. The van der Waals surface area contributed by atoms with E-state index >= 15 is 0 Å². The number of carbonyl (C=O) groups is 1. The number of nitrogens with zero attached hydrogens (tertiary/aromatic N) is 1. The first-order valence-corrected chi connectivity index (χ1v) is 5.38. The minimum Gasteiger partial charge on any atom is -0.381 e. The maximum Gasteiger partial charge on any atom is 0.169 e. The highest BCUT2D eigenvalue weighted by atomic mass is 35.5. The molecule has 1 aromatic rings. The zero-order chi connectivity index (χ0) is 10.7. The van der Waals surface area contributed by atoms with Crippen LogP contribution in [0.4, 0.5) is 0 Å². The number of hydrogen-bond acceptors (Lipinski definition) is 3. The molecule has 0 bridgehead atoms. The Hall–Kier alpha value is -0.930. The number of aromatic nitrogens is 1. The monoisotopic (exact) mass is 225 g/mol. The summed E-state index contributed by atoms with van der Waals surface area (Å²) in [6.07, 6.45) is 4.91. The van der Waals surface area contributed by atoms with E-state index in [0.717, 1.165) is 19.4 Å². The molecule has 1 aliphatic rings. The van der Waals surface area contributed by atoms with Gasteiger partial charge >= 0.3 is 0 Å². The lowest BCUT2D eigenvalue weighted by molar-refractivity contribution is 0.0461. The summed E-state index contributed by atoms with van der Waals surface area (Å²) in [6, 6.07) is 1.67. The Bertz CT molecular complexity index is 361. The second-order valence-corrected chi connectivity index (χ2v) is 4.04. The van der Waals surface area contributed by atoms with Crippen molar-refractivity contribution < 1.29 is 9.53 Å². The predicted molar refractivity (Wildman–Crippen MR) is 57.1 cm³/mol. The molecule has 1 aliphatic heterocycles. The second kappa shape index (κ2) is 4.73. The van der Waals surface area contributed by atoms with Crippen molar-refractivity contribution in [2.75, 3.05) is 13.2 Å². The quantitative estimate of drug-likeness (QED) is 0.726. The molecule has 1 unspecified atom stereocenters. The molecule has 0 spiro atoms. The van der Waals surface area contributed by atoms with E-state index in [9.17, 15) is 4.79 Å². The van der Waals surface area contributed by atoms with Crippen LogP contribution in [0.25, 0.3) is 0 Å². The van der Waals surface area contributed by atoms with Gasteiger partial charge in [0.2, 0.25) is 0 Å². The molecule has 0 radical (unpaired) electrons. The molecular weight excluding hydrogens is 214 g/mol. The summed E-state index contributed by atoms with van der Waals surface area (Å²) in [5.41, 5.74) is 0.558. The number of Topliss-reactive ketones (excluding diaryl/α,β-unsaturated/α-hetero) is 1. The molecule has 0 saturated carbocycles. The van der Waals surface area contributed by atoms with E-state index in [4.69, 9.17) is 16.3 Å². The second-order valence-electron chi connectivity index (χ2n) is 3.63. The summed E-state index contributed by atoms with van der Waals surface area (Å²) in [5.74, 6) is 0.0285. The predicted octanol–water partition coefficient (Wildman–Crippen LogP) is 2.34. The summed E-state index contributed by atoms with van der Waals surface area (Å²) in [5, 5.41) is 0.424. The van der Waals surface area contributed by atoms with E-state index in [-0.39, 0.29) is 11.7 Å². The molecule has 1 fully saturated rings. The van der Waals surface area contributed by atoms with E-state index < -0.39 is 0 Å². The lowest BCUT2D eigenvalue weighted by Gasteiger charge is -2.21. The highest BCUT2D eigenvalue weighted by molar-refractivity contribution is 6.33. The fourth-order valence-electron chi connectivity index (χ4n) is 1.74. The number of pyridine rings is 1. The normalized spacial score (nSPS) is 21.3. The molecule has 1 aromatic heterocycles. The van der Waals surface area contributed by atoms with Gasteiger partial charge in [-0.3, -0.25) is 9.78 Å². The number of ether oxygens (including phenoxy) is 1. The minimum atomic E-state index is -0.0429. The fraction of sp³-hybridized carbons (Fsp3) is 0.455. The summed E-state index contributed by atoms with van der Waals surface area (Å²) in [7, 11) is 0. The number of rotatable bonds is 2. The van der Waals surface area contributed by atoms with Crippen LogP contribution in [0.15, 0.2) is 18.5 Å². The minimum absolute atomic E-state index is 0.0429. The lowest BCUT2D eigenvalue weighted by Crippen LogP contribution is -2.25. The van der Waals surface area contributed by atoms with Gasteiger partial charge in [0.05, 0.1) is 11.6 Å². The third-order valence-electron chi connectivity index (χ3n) is 2.57. The van der Waals surface area contributed by atoms with Crippen molar-refractivity contribution in [1.82, 2.24) is 4.98 Å². The Morgan fingerprint density at radius 3 is 3.13 bits per heavy atom. The maximum atomic E-state index is 12.0. The van der Waals surface area contributed by atoms with Crippen LogP contribution in [0.2, 0.25) is 5.02 Å². The highest BCUT2D eigenvalue weighted by Crippen LogP contribution is 2.22. The Morgan fingerprint density at radius 1 is 1.60 bits per heavy atom. The highest BCUT2D eigenvalue weighted by Gasteiger charge is 2.24. The average Bonchev–Trinajstić information content (AvgIpc) is 2.30. The van der Waals surface area contributed by atoms with Crippen molar-refractivity contribution in [2.45, 2.75) is 12.8 Å². The van der Waals surface area contributed by atoms with Crippen LogP contribution in [0, 0.1) is 5.92 Å². The molecule has 0 amide bonds. The first kappa shape index (κ1) is 10.6. The number of ketones is 1. The zero-order valence-corrected chi connectivity index (χ0v) is 9.04. The van der Waals surface area contributed by atoms with Crippen LogP contribution < -0.4 is 0 Å². The van der Waals surface area contributed by atoms with Crippen molar-refractivity contribution in [3.05, 3.63) is 29.0 Å². The molecule has 1 atom stereocenters. The van der Waals surface area contributed by atoms with Crippen molar-refractivity contribution >= 4 is 17.4 Å². The Morgan fingerprint density at radius 2 is 2.47 bits per heavy atom. The molecule has 0 aliphatic carbocycles. The largest absolute Gasteiger partial charge is 0.381 e. The van der Waals surface area contributed by atoms with E-state index in [1.165, 1.54) is 6.20 Å². The van der Waals surface area contributed by atoms with Crippen LogP contribution >= 0.6 is 11.6 Å². The van der Waals surface area contributed by atoms with Gasteiger partial charge in [0, 0.05) is 30.5 Å². The Labute approximate surface area is 93.4 Å². The number of carbonyl (C=O) groups excluding carboxylic acids is 1. The smallest absolute Gasteiger partial charge is 0.169 e. The van der Waals surface area contributed by atoms with Crippen molar-refractivity contribution in [1.29, 1.82) is 0 Å². The fourth-order valence-corrected chi connectivity index (χ4v) is 1.95. The van der Waals surface area contributed by atoms with E-state index in [0.29, 0.717) is 17.2 Å². The van der Waals surface area contributed by atoms with Crippen molar-refractivity contribution in [2.24, 2.45) is 5.92 Å². The zero-order valence-electron chi connectivity index (χ0n) is 8.28. The molecule has 0 aromatic carbocycles. The van der Waals surface area contributed by atoms with Gasteiger partial charge in [-0.15, -0.1) is 0 Å². The van der Waals surface area contributed by atoms with Crippen LogP contribution in [-0.2, 0) is 4.74 Å². The first-order valence-electron chi connectivity index (χ1n) is 5.00. The molecule has 3 nitrogen and oxygen atoms in total. The van der Waals surface area contributed by atoms with Gasteiger partial charge in [-0.05, 0) is 18.9 Å². The topological polar surface area (TPSA) is 39.2 Å². The van der Waals surface area contributed by atoms with Crippen LogP contribution in [0.1, 0.15) is 23.2 Å². The molecule has 4 heteroatoms. The van der Waals surface area contributed by atoms with Gasteiger partial charge in [-0.25, -0.2) is 0 Å². The van der Waals surface area contributed by atoms with Crippen LogP contribution in [-0.4, -0.2) is 24.0 Å². The third kappa shape index (κ3) is 2.36. The summed E-state index contributed by atoms with van der Waals surface area (Å²) in [4.78, 5) is 15.9.